The average Bonchev–Trinajstić information content (AvgIpc) is 2.13. The van der Waals surface area contributed by atoms with E-state index >= 15 is 0 Å². The van der Waals surface area contributed by atoms with Gasteiger partial charge in [0.15, 0.2) is 0 Å². The van der Waals surface area contributed by atoms with Crippen molar-refractivity contribution < 1.29 is 0 Å². The summed E-state index contributed by atoms with van der Waals surface area (Å²) in [6.45, 7) is 13.1. The minimum absolute atomic E-state index is 0.198. The molecule has 0 aliphatic rings. The molecule has 0 aliphatic heterocycles. The van der Waals surface area contributed by atoms with E-state index in [1.54, 1.807) is 0 Å². The molecule has 94 valence electrons. The zero-order valence-corrected chi connectivity index (χ0v) is 11.9. The van der Waals surface area contributed by atoms with Crippen LogP contribution in [0.2, 0.25) is 0 Å². The lowest BCUT2D eigenvalue weighted by molar-refractivity contribution is 0.400. The molecule has 0 aliphatic carbocycles. The van der Waals surface area contributed by atoms with E-state index < -0.39 is 0 Å². The van der Waals surface area contributed by atoms with Crippen LogP contribution in [0.3, 0.4) is 0 Å². The van der Waals surface area contributed by atoms with Crippen molar-refractivity contribution in [2.45, 2.75) is 48.0 Å². The van der Waals surface area contributed by atoms with Gasteiger partial charge in [0.05, 0.1) is 0 Å². The molecule has 2 nitrogen and oxygen atoms in total. The molecule has 0 N–H and O–H groups in total. The summed E-state index contributed by atoms with van der Waals surface area (Å²) in [5.41, 5.74) is 1.50. The Hall–Kier alpha value is -1.18. The van der Waals surface area contributed by atoms with Gasteiger partial charge < -0.3 is 0 Å². The van der Waals surface area contributed by atoms with Crippen LogP contribution in [0.25, 0.3) is 6.08 Å². The molecule has 0 saturated carbocycles. The van der Waals surface area contributed by atoms with Crippen molar-refractivity contribution in [2.75, 3.05) is 0 Å². The second kappa shape index (κ2) is 4.99. The third-order valence-electron chi connectivity index (χ3n) is 2.19. The first-order valence-corrected chi connectivity index (χ1v) is 6.16. The maximum absolute atomic E-state index is 4.40. The smallest absolute Gasteiger partial charge is 0.128 e. The first-order chi connectivity index (χ1) is 7.66. The van der Waals surface area contributed by atoms with Crippen LogP contribution in [0.5, 0.6) is 0 Å². The van der Waals surface area contributed by atoms with Crippen LogP contribution in [0.1, 0.15) is 52.9 Å². The van der Waals surface area contributed by atoms with E-state index in [-0.39, 0.29) is 10.8 Å². The molecule has 1 rings (SSSR count). The molecule has 1 aromatic heterocycles. The van der Waals surface area contributed by atoms with Crippen molar-refractivity contribution in [1.29, 1.82) is 0 Å². The van der Waals surface area contributed by atoms with Gasteiger partial charge in [-0.2, -0.15) is 0 Å². The normalized spacial score (nSPS) is 13.3. The molecule has 0 aromatic carbocycles. The van der Waals surface area contributed by atoms with E-state index in [0.29, 0.717) is 0 Å². The Balaban J connectivity index is 2.72. The number of nitrogens with zero attached hydrogens (tertiary/aromatic N) is 2. The molecule has 0 unspecified atom stereocenters. The Kier molecular flexibility index (Phi) is 4.07. The predicted molar refractivity (Wildman–Crippen MR) is 73.7 cm³/mol. The number of rotatable bonds is 2. The molecule has 0 saturated heterocycles. The van der Waals surface area contributed by atoms with Gasteiger partial charge >= 0.3 is 0 Å². The maximum Gasteiger partial charge on any atom is 0.128 e. The molecular formula is C15H24N2. The van der Waals surface area contributed by atoms with Crippen molar-refractivity contribution in [3.05, 3.63) is 29.9 Å². The van der Waals surface area contributed by atoms with E-state index in [4.69, 9.17) is 0 Å². The van der Waals surface area contributed by atoms with Gasteiger partial charge in [0.1, 0.15) is 5.82 Å². The van der Waals surface area contributed by atoms with Crippen molar-refractivity contribution in [1.82, 2.24) is 9.97 Å². The van der Waals surface area contributed by atoms with Crippen LogP contribution in [-0.2, 0) is 6.42 Å². The summed E-state index contributed by atoms with van der Waals surface area (Å²) in [7, 11) is 0. The zero-order chi connectivity index (χ0) is 13.1. The third-order valence-corrected chi connectivity index (χ3v) is 2.19. The molecule has 1 heterocycles. The predicted octanol–water partition coefficient (Wildman–Crippen LogP) is 4.12. The van der Waals surface area contributed by atoms with E-state index in [1.165, 1.54) is 0 Å². The van der Waals surface area contributed by atoms with Crippen LogP contribution >= 0.6 is 0 Å². The van der Waals surface area contributed by atoms with E-state index in [0.717, 1.165) is 17.8 Å². The highest BCUT2D eigenvalue weighted by Gasteiger charge is 2.12. The van der Waals surface area contributed by atoms with Gasteiger partial charge in [-0.05, 0) is 10.8 Å². The Labute approximate surface area is 105 Å². The van der Waals surface area contributed by atoms with Gasteiger partial charge in [0.25, 0.3) is 0 Å². The average molecular weight is 232 g/mol. The number of hydrogen-bond donors (Lipinski definition) is 0. The molecule has 0 bridgehead atoms. The Morgan fingerprint density at radius 3 is 1.94 bits per heavy atom. The molecule has 0 atom stereocenters. The number of allylic oxidation sites excluding steroid dienone is 1. The van der Waals surface area contributed by atoms with Gasteiger partial charge in [0.2, 0.25) is 0 Å². The second-order valence-corrected chi connectivity index (χ2v) is 6.87. The number of aromatic nitrogens is 2. The van der Waals surface area contributed by atoms with Crippen molar-refractivity contribution in [2.24, 2.45) is 10.8 Å². The Morgan fingerprint density at radius 2 is 1.53 bits per heavy atom. The van der Waals surface area contributed by atoms with Gasteiger partial charge in [-0.15, -0.1) is 0 Å². The lowest BCUT2D eigenvalue weighted by Gasteiger charge is -2.16. The van der Waals surface area contributed by atoms with Crippen LogP contribution in [0.4, 0.5) is 0 Å². The summed E-state index contributed by atoms with van der Waals surface area (Å²) in [5, 5.41) is 0. The summed E-state index contributed by atoms with van der Waals surface area (Å²) in [6, 6.07) is 0. The fraction of sp³-hybridized carbons (Fsp3) is 0.600. The van der Waals surface area contributed by atoms with Gasteiger partial charge in [0, 0.05) is 24.4 Å². The summed E-state index contributed by atoms with van der Waals surface area (Å²) >= 11 is 0. The summed E-state index contributed by atoms with van der Waals surface area (Å²) in [5.74, 6) is 0.922. The molecular weight excluding hydrogens is 208 g/mol. The van der Waals surface area contributed by atoms with Crippen LogP contribution in [0.15, 0.2) is 18.5 Å². The third kappa shape index (κ3) is 6.20. The highest BCUT2D eigenvalue weighted by atomic mass is 14.9. The maximum atomic E-state index is 4.40. The fourth-order valence-electron chi connectivity index (χ4n) is 1.36. The van der Waals surface area contributed by atoms with Crippen LogP contribution in [-0.4, -0.2) is 9.97 Å². The molecule has 17 heavy (non-hydrogen) atoms. The van der Waals surface area contributed by atoms with Gasteiger partial charge in [-0.25, -0.2) is 9.97 Å². The lowest BCUT2D eigenvalue weighted by Crippen LogP contribution is -2.11. The van der Waals surface area contributed by atoms with Crippen molar-refractivity contribution in [3.63, 3.8) is 0 Å². The summed E-state index contributed by atoms with van der Waals surface area (Å²) < 4.78 is 0. The molecule has 0 fully saturated rings. The molecule has 1 aromatic rings. The first-order valence-electron chi connectivity index (χ1n) is 6.16. The zero-order valence-electron chi connectivity index (χ0n) is 11.9. The van der Waals surface area contributed by atoms with Crippen molar-refractivity contribution >= 4 is 6.08 Å². The van der Waals surface area contributed by atoms with Crippen LogP contribution < -0.4 is 0 Å². The minimum Gasteiger partial charge on any atom is -0.241 e. The summed E-state index contributed by atoms with van der Waals surface area (Å²) in [6.07, 6.45) is 8.97. The monoisotopic (exact) mass is 232 g/mol. The minimum atomic E-state index is 0.198. The first kappa shape index (κ1) is 13.9. The highest BCUT2D eigenvalue weighted by Crippen LogP contribution is 2.19. The quantitative estimate of drug-likeness (QED) is 0.766. The SMILES string of the molecule is CC(C)(C)/C=C/c1cnc(CC(C)(C)C)nc1. The van der Waals surface area contributed by atoms with Crippen LogP contribution in [0, 0.1) is 10.8 Å². The number of hydrogen-bond acceptors (Lipinski definition) is 2. The fourth-order valence-corrected chi connectivity index (χ4v) is 1.36. The van der Waals surface area contributed by atoms with E-state index in [9.17, 15) is 0 Å². The van der Waals surface area contributed by atoms with Gasteiger partial charge in [-0.1, -0.05) is 53.7 Å². The van der Waals surface area contributed by atoms with E-state index in [2.05, 4.69) is 63.7 Å². The molecule has 2 heteroatoms. The largest absolute Gasteiger partial charge is 0.241 e. The second-order valence-electron chi connectivity index (χ2n) is 6.87. The topological polar surface area (TPSA) is 25.8 Å². The lowest BCUT2D eigenvalue weighted by atomic mass is 9.92. The standard InChI is InChI=1S/C15H24N2/c1-14(2,3)8-7-12-10-16-13(17-11-12)9-15(4,5)6/h7-8,10-11H,9H2,1-6H3/b8-7+. The Bertz CT molecular complexity index is 375. The molecule has 0 amide bonds. The summed E-state index contributed by atoms with van der Waals surface area (Å²) in [4.78, 5) is 8.80. The van der Waals surface area contributed by atoms with E-state index in [1.807, 2.05) is 12.4 Å². The molecule has 0 radical (unpaired) electrons. The highest BCUT2D eigenvalue weighted by molar-refractivity contribution is 5.47. The molecule has 0 spiro atoms. The van der Waals surface area contributed by atoms with Crippen molar-refractivity contribution in [3.8, 4) is 0 Å². The Morgan fingerprint density at radius 1 is 1.00 bits per heavy atom. The van der Waals surface area contributed by atoms with Gasteiger partial charge in [-0.3, -0.25) is 0 Å².